The van der Waals surface area contributed by atoms with Gasteiger partial charge < -0.3 is 9.47 Å². The second-order valence-electron chi connectivity index (χ2n) is 7.68. The summed E-state index contributed by atoms with van der Waals surface area (Å²) >= 11 is 0. The quantitative estimate of drug-likeness (QED) is 0.761. The predicted molar refractivity (Wildman–Crippen MR) is 72.6 cm³/mol. The first kappa shape index (κ1) is 12.9. The standard InChI is InChI=1S/C16H28O2/c1-12(14-10-16(4-5-16)11-18-14)8-15(3)6-7-17-13(2)9-15/h12-14H,4-11H2,1-3H3/t12?,13-,14+,15?/m1/s1. The van der Waals surface area contributed by atoms with Crippen LogP contribution in [0.5, 0.6) is 0 Å². The monoisotopic (exact) mass is 252 g/mol. The smallest absolute Gasteiger partial charge is 0.0607 e. The van der Waals surface area contributed by atoms with E-state index >= 15 is 0 Å². The molecule has 3 fully saturated rings. The molecule has 2 saturated heterocycles. The summed E-state index contributed by atoms with van der Waals surface area (Å²) in [5, 5.41) is 0. The normalized spacial score (nSPS) is 44.2. The minimum Gasteiger partial charge on any atom is -0.378 e. The van der Waals surface area contributed by atoms with Gasteiger partial charge in [0.1, 0.15) is 0 Å². The molecule has 1 aliphatic carbocycles. The van der Waals surface area contributed by atoms with Crippen LogP contribution in [0.25, 0.3) is 0 Å². The van der Waals surface area contributed by atoms with E-state index in [-0.39, 0.29) is 0 Å². The molecule has 2 heteroatoms. The molecule has 2 heterocycles. The Balaban J connectivity index is 1.55. The molecule has 104 valence electrons. The topological polar surface area (TPSA) is 18.5 Å². The van der Waals surface area contributed by atoms with E-state index in [0.29, 0.717) is 29.0 Å². The molecule has 1 saturated carbocycles. The van der Waals surface area contributed by atoms with Gasteiger partial charge in [-0.15, -0.1) is 0 Å². The van der Waals surface area contributed by atoms with E-state index < -0.39 is 0 Å². The molecule has 18 heavy (non-hydrogen) atoms. The van der Waals surface area contributed by atoms with E-state index in [4.69, 9.17) is 9.47 Å². The van der Waals surface area contributed by atoms with Gasteiger partial charge in [-0.2, -0.15) is 0 Å². The fourth-order valence-electron chi connectivity index (χ4n) is 4.17. The maximum absolute atomic E-state index is 6.07. The molecule has 2 aliphatic heterocycles. The number of hydrogen-bond acceptors (Lipinski definition) is 2. The zero-order chi connectivity index (χ0) is 12.8. The fourth-order valence-corrected chi connectivity index (χ4v) is 4.17. The highest BCUT2D eigenvalue weighted by molar-refractivity contribution is 5.00. The summed E-state index contributed by atoms with van der Waals surface area (Å²) in [6.07, 6.45) is 8.88. The first-order valence-corrected chi connectivity index (χ1v) is 7.74. The van der Waals surface area contributed by atoms with Crippen LogP contribution in [0.3, 0.4) is 0 Å². The summed E-state index contributed by atoms with van der Waals surface area (Å²) < 4.78 is 11.8. The van der Waals surface area contributed by atoms with Crippen molar-refractivity contribution >= 4 is 0 Å². The van der Waals surface area contributed by atoms with Gasteiger partial charge >= 0.3 is 0 Å². The van der Waals surface area contributed by atoms with Gasteiger partial charge in [-0.05, 0) is 62.2 Å². The summed E-state index contributed by atoms with van der Waals surface area (Å²) in [6.45, 7) is 9.05. The lowest BCUT2D eigenvalue weighted by Gasteiger charge is -2.39. The average Bonchev–Trinajstić information content (AvgIpc) is 2.87. The Hall–Kier alpha value is -0.0800. The van der Waals surface area contributed by atoms with E-state index in [1.54, 1.807) is 0 Å². The Bertz CT molecular complexity index is 310. The van der Waals surface area contributed by atoms with Crippen LogP contribution in [0.4, 0.5) is 0 Å². The van der Waals surface area contributed by atoms with Gasteiger partial charge in [-0.3, -0.25) is 0 Å². The molecular weight excluding hydrogens is 224 g/mol. The molecule has 2 unspecified atom stereocenters. The molecule has 4 atom stereocenters. The van der Waals surface area contributed by atoms with Gasteiger partial charge in [0.05, 0.1) is 18.8 Å². The van der Waals surface area contributed by atoms with Gasteiger partial charge in [-0.1, -0.05) is 13.8 Å². The Morgan fingerprint density at radius 3 is 2.56 bits per heavy atom. The van der Waals surface area contributed by atoms with Crippen molar-refractivity contribution in [1.29, 1.82) is 0 Å². The summed E-state index contributed by atoms with van der Waals surface area (Å²) in [5.41, 5.74) is 1.10. The lowest BCUT2D eigenvalue weighted by atomic mass is 9.72. The van der Waals surface area contributed by atoms with Crippen LogP contribution in [0.2, 0.25) is 0 Å². The predicted octanol–water partition coefficient (Wildman–Crippen LogP) is 3.79. The van der Waals surface area contributed by atoms with Crippen molar-refractivity contribution in [2.45, 2.75) is 71.5 Å². The fraction of sp³-hybridized carbons (Fsp3) is 1.00. The molecule has 0 amide bonds. The van der Waals surface area contributed by atoms with E-state index in [9.17, 15) is 0 Å². The Kier molecular flexibility index (Phi) is 3.22. The zero-order valence-corrected chi connectivity index (χ0v) is 12.2. The SMILES string of the molecule is CC(CC1(C)CCO[C@H](C)C1)[C@@H]1CC2(CC2)CO1. The van der Waals surface area contributed by atoms with Crippen molar-refractivity contribution in [1.82, 2.24) is 0 Å². The van der Waals surface area contributed by atoms with E-state index in [0.717, 1.165) is 13.2 Å². The van der Waals surface area contributed by atoms with Crippen LogP contribution < -0.4 is 0 Å². The minimum absolute atomic E-state index is 0.440. The molecule has 3 aliphatic rings. The first-order valence-electron chi connectivity index (χ1n) is 7.74. The molecule has 1 spiro atoms. The summed E-state index contributed by atoms with van der Waals surface area (Å²) in [5.74, 6) is 0.709. The van der Waals surface area contributed by atoms with Crippen molar-refractivity contribution in [3.63, 3.8) is 0 Å². The van der Waals surface area contributed by atoms with Crippen LogP contribution in [-0.4, -0.2) is 25.4 Å². The van der Waals surface area contributed by atoms with Gasteiger partial charge in [0.2, 0.25) is 0 Å². The largest absolute Gasteiger partial charge is 0.378 e. The Morgan fingerprint density at radius 1 is 1.17 bits per heavy atom. The second kappa shape index (κ2) is 4.49. The maximum atomic E-state index is 6.07. The van der Waals surface area contributed by atoms with E-state index in [1.165, 1.54) is 38.5 Å². The molecule has 0 aromatic carbocycles. The second-order valence-corrected chi connectivity index (χ2v) is 7.68. The lowest BCUT2D eigenvalue weighted by Crippen LogP contribution is -2.35. The highest BCUT2D eigenvalue weighted by Gasteiger charge is 2.50. The van der Waals surface area contributed by atoms with Crippen molar-refractivity contribution in [3.05, 3.63) is 0 Å². The summed E-state index contributed by atoms with van der Waals surface area (Å²) in [7, 11) is 0. The molecule has 0 radical (unpaired) electrons. The summed E-state index contributed by atoms with van der Waals surface area (Å²) in [4.78, 5) is 0. The highest BCUT2D eigenvalue weighted by Crippen LogP contribution is 2.55. The Labute approximate surface area is 111 Å². The van der Waals surface area contributed by atoms with Crippen LogP contribution in [0, 0.1) is 16.7 Å². The third-order valence-electron chi connectivity index (χ3n) is 5.53. The van der Waals surface area contributed by atoms with Gasteiger partial charge in [0, 0.05) is 6.61 Å². The van der Waals surface area contributed by atoms with Gasteiger partial charge in [0.15, 0.2) is 0 Å². The van der Waals surface area contributed by atoms with Gasteiger partial charge in [0.25, 0.3) is 0 Å². The molecule has 2 nitrogen and oxygen atoms in total. The van der Waals surface area contributed by atoms with Crippen LogP contribution in [-0.2, 0) is 9.47 Å². The first-order chi connectivity index (χ1) is 8.50. The third-order valence-corrected chi connectivity index (χ3v) is 5.53. The molecular formula is C16H28O2. The van der Waals surface area contributed by atoms with Gasteiger partial charge in [-0.25, -0.2) is 0 Å². The van der Waals surface area contributed by atoms with E-state index in [1.807, 2.05) is 0 Å². The third kappa shape index (κ3) is 2.60. The van der Waals surface area contributed by atoms with Crippen molar-refractivity contribution in [2.24, 2.45) is 16.7 Å². The number of hydrogen-bond donors (Lipinski definition) is 0. The number of rotatable bonds is 3. The molecule has 0 aromatic heterocycles. The summed E-state index contributed by atoms with van der Waals surface area (Å²) in [6, 6.07) is 0. The van der Waals surface area contributed by atoms with Crippen molar-refractivity contribution < 1.29 is 9.47 Å². The van der Waals surface area contributed by atoms with Crippen LogP contribution in [0.1, 0.15) is 59.3 Å². The Morgan fingerprint density at radius 2 is 1.94 bits per heavy atom. The lowest BCUT2D eigenvalue weighted by molar-refractivity contribution is -0.0492. The highest BCUT2D eigenvalue weighted by atomic mass is 16.5. The van der Waals surface area contributed by atoms with Crippen LogP contribution in [0.15, 0.2) is 0 Å². The zero-order valence-electron chi connectivity index (χ0n) is 12.2. The number of ether oxygens (including phenoxy) is 2. The minimum atomic E-state index is 0.440. The molecule has 0 N–H and O–H groups in total. The maximum Gasteiger partial charge on any atom is 0.0607 e. The molecule has 3 rings (SSSR count). The van der Waals surface area contributed by atoms with E-state index in [2.05, 4.69) is 20.8 Å². The van der Waals surface area contributed by atoms with Crippen LogP contribution >= 0.6 is 0 Å². The van der Waals surface area contributed by atoms with Crippen molar-refractivity contribution in [2.75, 3.05) is 13.2 Å². The molecule has 0 aromatic rings. The van der Waals surface area contributed by atoms with Crippen molar-refractivity contribution in [3.8, 4) is 0 Å². The molecule has 0 bridgehead atoms. The average molecular weight is 252 g/mol.